The van der Waals surface area contributed by atoms with Crippen molar-refractivity contribution in [3.8, 4) is 0 Å². The van der Waals surface area contributed by atoms with Crippen molar-refractivity contribution in [2.24, 2.45) is 0 Å². The lowest BCUT2D eigenvalue weighted by atomic mass is 10.5. The van der Waals surface area contributed by atoms with Crippen LogP contribution in [0, 0.1) is 0 Å². The second-order valence-electron chi connectivity index (χ2n) is 2.31. The number of nitrogens with one attached hydrogen (secondary N) is 1. The quantitative estimate of drug-likeness (QED) is 0.520. The molecule has 0 spiro atoms. The third-order valence-electron chi connectivity index (χ3n) is 1.50. The van der Waals surface area contributed by atoms with Crippen LogP contribution in [-0.4, -0.2) is 26.2 Å². The highest BCUT2D eigenvalue weighted by molar-refractivity contribution is 4.11. The van der Waals surface area contributed by atoms with Gasteiger partial charge in [0.15, 0.2) is 0 Å². The average Bonchev–Trinajstić information content (AvgIpc) is 1.93. The molecule has 0 aromatic heterocycles. The van der Waals surface area contributed by atoms with E-state index < -0.39 is 0 Å². The van der Waals surface area contributed by atoms with Gasteiger partial charge in [-0.1, -0.05) is 0 Å². The molecule has 4 N–H and O–H groups in total. The van der Waals surface area contributed by atoms with E-state index in [1.54, 1.807) is 4.90 Å². The highest BCUT2D eigenvalue weighted by Gasteiger charge is 1.92. The summed E-state index contributed by atoms with van der Waals surface area (Å²) in [6, 6.07) is 0. The molecule has 0 bridgehead atoms. The molecule has 0 aliphatic rings. The van der Waals surface area contributed by atoms with Crippen LogP contribution in [0.3, 0.4) is 0 Å². The smallest absolute Gasteiger partial charge is 0.0742 e. The number of hydrogen-bond acceptors (Lipinski definition) is 0. The third-order valence-corrected chi connectivity index (χ3v) is 1.50. The van der Waals surface area contributed by atoms with E-state index in [2.05, 4.69) is 26.5 Å². The van der Waals surface area contributed by atoms with Crippen LogP contribution in [0.5, 0.6) is 0 Å². The molecule has 0 aromatic carbocycles. The van der Waals surface area contributed by atoms with Gasteiger partial charge in [0, 0.05) is 0 Å². The molecule has 4 heteroatoms. The number of quaternary nitrogens is 2. The molecule has 0 rings (SSSR count). The van der Waals surface area contributed by atoms with Crippen molar-refractivity contribution in [1.29, 1.82) is 0 Å². The summed E-state index contributed by atoms with van der Waals surface area (Å²) in [5, 5.41) is 0. The van der Waals surface area contributed by atoms with Crippen molar-refractivity contribution in [2.75, 3.05) is 26.2 Å². The van der Waals surface area contributed by atoms with Gasteiger partial charge >= 0.3 is 0 Å². The summed E-state index contributed by atoms with van der Waals surface area (Å²) in [6.45, 7) is 13.5. The molecule has 80 valence electrons. The molecule has 0 atom stereocenters. The second-order valence-corrected chi connectivity index (χ2v) is 2.31. The Bertz CT molecular complexity index is 44.8. The zero-order chi connectivity index (χ0) is 8.41. The van der Waals surface area contributed by atoms with Crippen LogP contribution in [0.2, 0.25) is 0 Å². The lowest BCUT2D eigenvalue weighted by Gasteiger charge is -2.10. The largest absolute Gasteiger partial charge is 1.00 e. The van der Waals surface area contributed by atoms with Gasteiger partial charge in [0.1, 0.15) is 0 Å². The average molecular weight is 308 g/mol. The summed E-state index contributed by atoms with van der Waals surface area (Å²) < 4.78 is 0. The molecule has 2 nitrogen and oxygen atoms in total. The van der Waals surface area contributed by atoms with E-state index in [-0.39, 0.29) is 34.0 Å². The van der Waals surface area contributed by atoms with Crippen molar-refractivity contribution in [3.05, 3.63) is 0 Å². The SMILES string of the molecule is CC[NH+](CC)CC.CC[NH3+].[Br-].[Br-]. The molecular formula is C8H24Br2N2. The van der Waals surface area contributed by atoms with Crippen molar-refractivity contribution >= 4 is 0 Å². The highest BCUT2D eigenvalue weighted by Crippen LogP contribution is 1.45. The van der Waals surface area contributed by atoms with Crippen LogP contribution in [0.25, 0.3) is 0 Å². The fraction of sp³-hybridized carbons (Fsp3) is 1.00. The Morgan fingerprint density at radius 1 is 0.833 bits per heavy atom. The maximum absolute atomic E-state index is 3.49. The molecule has 0 amide bonds. The maximum atomic E-state index is 3.49. The minimum atomic E-state index is 0. The van der Waals surface area contributed by atoms with Gasteiger partial charge in [0.25, 0.3) is 0 Å². The van der Waals surface area contributed by atoms with Crippen molar-refractivity contribution in [3.63, 3.8) is 0 Å². The molecule has 0 saturated heterocycles. The molecule has 0 fully saturated rings. The zero-order valence-electron chi connectivity index (χ0n) is 8.79. The molecule has 0 aliphatic heterocycles. The van der Waals surface area contributed by atoms with Crippen LogP contribution in [0.1, 0.15) is 27.7 Å². The Morgan fingerprint density at radius 3 is 1.00 bits per heavy atom. The lowest BCUT2D eigenvalue weighted by Crippen LogP contribution is -3.11. The third kappa shape index (κ3) is 22.4. The van der Waals surface area contributed by atoms with E-state index in [0.29, 0.717) is 0 Å². The van der Waals surface area contributed by atoms with E-state index in [9.17, 15) is 0 Å². The lowest BCUT2D eigenvalue weighted by molar-refractivity contribution is -0.894. The molecule has 0 radical (unpaired) electrons. The fourth-order valence-corrected chi connectivity index (χ4v) is 0.750. The van der Waals surface area contributed by atoms with Gasteiger partial charge in [0.05, 0.1) is 26.2 Å². The van der Waals surface area contributed by atoms with Crippen LogP contribution >= 0.6 is 0 Å². The molecule has 12 heavy (non-hydrogen) atoms. The van der Waals surface area contributed by atoms with Crippen molar-refractivity contribution < 1.29 is 44.6 Å². The van der Waals surface area contributed by atoms with Crippen LogP contribution in [0.4, 0.5) is 0 Å². The topological polar surface area (TPSA) is 32.1 Å². The maximum Gasteiger partial charge on any atom is 0.0742 e. The van der Waals surface area contributed by atoms with Gasteiger partial charge in [-0.25, -0.2) is 0 Å². The first-order chi connectivity index (χ1) is 4.76. The van der Waals surface area contributed by atoms with Gasteiger partial charge < -0.3 is 44.6 Å². The highest BCUT2D eigenvalue weighted by atomic mass is 79.9. The first-order valence-corrected chi connectivity index (χ1v) is 4.39. The van der Waals surface area contributed by atoms with E-state index in [4.69, 9.17) is 0 Å². The van der Waals surface area contributed by atoms with Gasteiger partial charge in [-0.3, -0.25) is 0 Å². The Labute approximate surface area is 98.4 Å². The summed E-state index contributed by atoms with van der Waals surface area (Å²) in [5.74, 6) is 0. The van der Waals surface area contributed by atoms with Crippen molar-refractivity contribution in [1.82, 2.24) is 0 Å². The zero-order valence-corrected chi connectivity index (χ0v) is 12.0. The fourth-order valence-electron chi connectivity index (χ4n) is 0.750. The number of hydrogen-bond donors (Lipinski definition) is 2. The number of rotatable bonds is 3. The first kappa shape index (κ1) is 23.1. The van der Waals surface area contributed by atoms with Crippen LogP contribution < -0.4 is 44.6 Å². The summed E-state index contributed by atoms with van der Waals surface area (Å²) >= 11 is 0. The first-order valence-electron chi connectivity index (χ1n) is 4.39. The number of halogens is 2. The molecular weight excluding hydrogens is 284 g/mol. The molecule has 0 unspecified atom stereocenters. The van der Waals surface area contributed by atoms with E-state index >= 15 is 0 Å². The molecule has 0 heterocycles. The van der Waals surface area contributed by atoms with Crippen LogP contribution in [-0.2, 0) is 0 Å². The standard InChI is InChI=1S/C6H15N.C2H7N.2BrH/c1-4-7(5-2)6-3;1-2-3;;/h4-6H2,1-3H3;2-3H2,1H3;2*1H. The monoisotopic (exact) mass is 306 g/mol. The molecule has 0 aliphatic carbocycles. The minimum Gasteiger partial charge on any atom is -1.00 e. The van der Waals surface area contributed by atoms with Crippen LogP contribution in [0.15, 0.2) is 0 Å². The van der Waals surface area contributed by atoms with Gasteiger partial charge in [-0.2, -0.15) is 0 Å². The van der Waals surface area contributed by atoms with Gasteiger partial charge in [-0.15, -0.1) is 0 Å². The Kier molecular flexibility index (Phi) is 43.5. The Balaban J connectivity index is -0.0000000569. The Morgan fingerprint density at radius 2 is 1.00 bits per heavy atom. The molecule has 0 aromatic rings. The van der Waals surface area contributed by atoms with E-state index in [0.717, 1.165) is 6.54 Å². The summed E-state index contributed by atoms with van der Waals surface area (Å²) in [7, 11) is 0. The van der Waals surface area contributed by atoms with Gasteiger partial charge in [-0.05, 0) is 27.7 Å². The summed E-state index contributed by atoms with van der Waals surface area (Å²) in [4.78, 5) is 1.68. The normalized spacial score (nSPS) is 7.50. The second kappa shape index (κ2) is 22.6. The minimum absolute atomic E-state index is 0. The van der Waals surface area contributed by atoms with E-state index in [1.165, 1.54) is 19.6 Å². The summed E-state index contributed by atoms with van der Waals surface area (Å²) in [5.41, 5.74) is 3.49. The summed E-state index contributed by atoms with van der Waals surface area (Å²) in [6.07, 6.45) is 0. The predicted octanol–water partition coefficient (Wildman–Crippen LogP) is -6.81. The Hall–Kier alpha value is 0.880. The molecule has 0 saturated carbocycles. The van der Waals surface area contributed by atoms with E-state index in [1.807, 2.05) is 6.92 Å². The van der Waals surface area contributed by atoms with Gasteiger partial charge in [0.2, 0.25) is 0 Å². The predicted molar refractivity (Wildman–Crippen MR) is 46.0 cm³/mol. The van der Waals surface area contributed by atoms with Crippen molar-refractivity contribution in [2.45, 2.75) is 27.7 Å².